The van der Waals surface area contributed by atoms with Gasteiger partial charge in [0.15, 0.2) is 0 Å². The Hall–Kier alpha value is -1.66. The van der Waals surface area contributed by atoms with Crippen LogP contribution in [-0.4, -0.2) is 32.0 Å². The van der Waals surface area contributed by atoms with Crippen LogP contribution in [0.4, 0.5) is 0 Å². The Balaban J connectivity index is 1.72. The van der Waals surface area contributed by atoms with Crippen LogP contribution in [0.15, 0.2) is 64.5 Å². The molecule has 1 N–H and O–H groups in total. The predicted molar refractivity (Wildman–Crippen MR) is 81.1 cm³/mol. The number of fused-ring (bicyclic) bond motifs is 1. The van der Waals surface area contributed by atoms with Gasteiger partial charge in [-0.25, -0.2) is 4.98 Å². The van der Waals surface area contributed by atoms with E-state index in [2.05, 4.69) is 4.98 Å². The summed E-state index contributed by atoms with van der Waals surface area (Å²) < 4.78 is 0. The number of aliphatic hydroxyl groups is 1. The minimum absolute atomic E-state index is 0.0375. The van der Waals surface area contributed by atoms with Crippen molar-refractivity contribution in [3.8, 4) is 0 Å². The third-order valence-electron chi connectivity index (χ3n) is 2.83. The van der Waals surface area contributed by atoms with Crippen molar-refractivity contribution in [2.24, 2.45) is 0 Å². The zero-order chi connectivity index (χ0) is 13.9. The number of hydrogen-bond donors (Lipinski definition) is 1. The first-order chi connectivity index (χ1) is 9.75. The van der Waals surface area contributed by atoms with Gasteiger partial charge in [-0.05, 0) is 18.2 Å². The molecule has 1 atom stereocenters. The highest BCUT2D eigenvalue weighted by Gasteiger charge is 2.36. The molecule has 0 saturated carbocycles. The zero-order valence-corrected chi connectivity index (χ0v) is 12.1. The van der Waals surface area contributed by atoms with Crippen LogP contribution < -0.4 is 0 Å². The summed E-state index contributed by atoms with van der Waals surface area (Å²) in [4.78, 5) is 18.4. The number of carbonyl (C=O) groups is 1. The Morgan fingerprint density at radius 1 is 1.45 bits per heavy atom. The first kappa shape index (κ1) is 13.3. The average Bonchev–Trinajstić information content (AvgIpc) is 2.84. The second-order valence-electron chi connectivity index (χ2n) is 4.18. The first-order valence-corrected chi connectivity index (χ1v) is 7.92. The molecule has 0 spiro atoms. The van der Waals surface area contributed by atoms with Crippen molar-refractivity contribution >= 4 is 29.4 Å². The second kappa shape index (κ2) is 5.76. The third-order valence-corrected chi connectivity index (χ3v) is 5.06. The summed E-state index contributed by atoms with van der Waals surface area (Å²) in [5, 5.41) is 10.9. The Labute approximate surface area is 125 Å². The molecule has 1 saturated heterocycles. The van der Waals surface area contributed by atoms with Crippen molar-refractivity contribution < 1.29 is 9.90 Å². The molecule has 1 aromatic rings. The molecule has 0 bridgehead atoms. The molecule has 0 radical (unpaired) electrons. The van der Waals surface area contributed by atoms with Crippen LogP contribution in [0.5, 0.6) is 0 Å². The topological polar surface area (TPSA) is 53.4 Å². The number of aliphatic hydroxyl groups excluding tert-OH is 1. The van der Waals surface area contributed by atoms with E-state index in [0.717, 1.165) is 5.03 Å². The molecule has 1 amide bonds. The highest BCUT2D eigenvalue weighted by molar-refractivity contribution is 8.05. The molecule has 3 heterocycles. The molecule has 1 unspecified atom stereocenters. The van der Waals surface area contributed by atoms with Gasteiger partial charge in [0.25, 0.3) is 5.91 Å². The fraction of sp³-hybridized carbons (Fsp3) is 0.143. The van der Waals surface area contributed by atoms with E-state index >= 15 is 0 Å². The number of amides is 1. The number of pyridine rings is 1. The van der Waals surface area contributed by atoms with Gasteiger partial charge in [0, 0.05) is 12.4 Å². The number of aromatic nitrogens is 1. The van der Waals surface area contributed by atoms with E-state index < -0.39 is 0 Å². The highest BCUT2D eigenvalue weighted by Crippen LogP contribution is 2.39. The summed E-state index contributed by atoms with van der Waals surface area (Å²) in [5.41, 5.74) is 0. The van der Waals surface area contributed by atoms with Crippen molar-refractivity contribution in [3.63, 3.8) is 0 Å². The van der Waals surface area contributed by atoms with E-state index in [0.29, 0.717) is 10.7 Å². The molecule has 1 fully saturated rings. The fourth-order valence-corrected chi connectivity index (χ4v) is 3.81. The molecular weight excluding hydrogens is 292 g/mol. The zero-order valence-electron chi connectivity index (χ0n) is 10.5. The summed E-state index contributed by atoms with van der Waals surface area (Å²) in [5.74, 6) is 0.325. The molecule has 6 heteroatoms. The van der Waals surface area contributed by atoms with Gasteiger partial charge in [-0.15, -0.1) is 0 Å². The SMILES string of the molecule is O=C1/C(=C(\O)CSc2ccccn2)SC2C=CC=CN12. The normalized spacial score (nSPS) is 23.1. The second-order valence-corrected chi connectivity index (χ2v) is 6.30. The van der Waals surface area contributed by atoms with Gasteiger partial charge < -0.3 is 5.11 Å². The van der Waals surface area contributed by atoms with Crippen molar-refractivity contribution in [1.29, 1.82) is 0 Å². The van der Waals surface area contributed by atoms with E-state index in [4.69, 9.17) is 0 Å². The van der Waals surface area contributed by atoms with E-state index in [9.17, 15) is 9.90 Å². The number of rotatable bonds is 3. The largest absolute Gasteiger partial charge is 0.510 e. The van der Waals surface area contributed by atoms with Crippen molar-refractivity contribution in [1.82, 2.24) is 9.88 Å². The lowest BCUT2D eigenvalue weighted by molar-refractivity contribution is -0.123. The van der Waals surface area contributed by atoms with Gasteiger partial charge in [0.1, 0.15) is 16.0 Å². The molecule has 1 aromatic heterocycles. The maximum absolute atomic E-state index is 12.2. The van der Waals surface area contributed by atoms with Crippen LogP contribution in [0.1, 0.15) is 0 Å². The molecule has 4 nitrogen and oxygen atoms in total. The monoisotopic (exact) mass is 304 g/mol. The van der Waals surface area contributed by atoms with Crippen LogP contribution in [0, 0.1) is 0 Å². The van der Waals surface area contributed by atoms with Crippen LogP contribution in [0.25, 0.3) is 0 Å². The minimum atomic E-state index is -0.139. The summed E-state index contributed by atoms with van der Waals surface area (Å²) in [6.07, 6.45) is 9.11. The maximum Gasteiger partial charge on any atom is 0.268 e. The molecule has 0 aliphatic carbocycles. The van der Waals surface area contributed by atoms with Crippen molar-refractivity contribution in [2.75, 3.05) is 5.75 Å². The summed E-state index contributed by atoms with van der Waals surface area (Å²) in [6.45, 7) is 0. The summed E-state index contributed by atoms with van der Waals surface area (Å²) in [7, 11) is 0. The van der Waals surface area contributed by atoms with E-state index in [1.54, 1.807) is 17.3 Å². The fourth-order valence-electron chi connectivity index (χ4n) is 1.88. The predicted octanol–water partition coefficient (Wildman–Crippen LogP) is 2.93. The number of allylic oxidation sites excluding steroid dienone is 2. The third kappa shape index (κ3) is 2.62. The summed E-state index contributed by atoms with van der Waals surface area (Å²) in [6, 6.07) is 5.61. The Kier molecular flexibility index (Phi) is 3.84. The standard InChI is InChI=1S/C14H12N2O2S2/c17-10(9-19-11-5-1-3-7-15-11)13-14(18)16-8-4-2-6-12(16)20-13/h1-8,12,17H,9H2/b13-10+. The lowest BCUT2D eigenvalue weighted by atomic mass is 10.3. The first-order valence-electron chi connectivity index (χ1n) is 6.06. The van der Waals surface area contributed by atoms with E-state index in [1.807, 2.05) is 36.4 Å². The molecule has 0 aromatic carbocycles. The number of hydrogen-bond acceptors (Lipinski definition) is 5. The Morgan fingerprint density at radius 3 is 3.10 bits per heavy atom. The summed E-state index contributed by atoms with van der Waals surface area (Å²) >= 11 is 2.79. The number of thioether (sulfide) groups is 2. The van der Waals surface area contributed by atoms with Gasteiger partial charge in [-0.1, -0.05) is 41.7 Å². The number of nitrogens with zero attached hydrogens (tertiary/aromatic N) is 2. The molecule has 20 heavy (non-hydrogen) atoms. The van der Waals surface area contributed by atoms with Crippen LogP contribution in [0.3, 0.4) is 0 Å². The smallest absolute Gasteiger partial charge is 0.268 e. The van der Waals surface area contributed by atoms with E-state index in [-0.39, 0.29) is 17.0 Å². The van der Waals surface area contributed by atoms with E-state index in [1.165, 1.54) is 23.5 Å². The van der Waals surface area contributed by atoms with Crippen LogP contribution >= 0.6 is 23.5 Å². The maximum atomic E-state index is 12.2. The van der Waals surface area contributed by atoms with Crippen molar-refractivity contribution in [3.05, 3.63) is 59.5 Å². The van der Waals surface area contributed by atoms with Gasteiger partial charge >= 0.3 is 0 Å². The van der Waals surface area contributed by atoms with Crippen molar-refractivity contribution in [2.45, 2.75) is 10.4 Å². The minimum Gasteiger partial charge on any atom is -0.510 e. The van der Waals surface area contributed by atoms with Gasteiger partial charge in [-0.2, -0.15) is 0 Å². The quantitative estimate of drug-likeness (QED) is 0.528. The molecule has 3 rings (SSSR count). The van der Waals surface area contributed by atoms with Gasteiger partial charge in [0.2, 0.25) is 0 Å². The highest BCUT2D eigenvalue weighted by atomic mass is 32.2. The molecular formula is C14H12N2O2S2. The molecule has 102 valence electrons. The molecule has 2 aliphatic heterocycles. The Morgan fingerprint density at radius 2 is 2.35 bits per heavy atom. The van der Waals surface area contributed by atoms with Gasteiger partial charge in [-0.3, -0.25) is 9.69 Å². The Bertz CT molecular complexity index is 611. The lowest BCUT2D eigenvalue weighted by Gasteiger charge is -2.17. The van der Waals surface area contributed by atoms with Crippen LogP contribution in [-0.2, 0) is 4.79 Å². The van der Waals surface area contributed by atoms with Crippen LogP contribution in [0.2, 0.25) is 0 Å². The molecule has 2 aliphatic rings. The average molecular weight is 304 g/mol. The number of carbonyl (C=O) groups excluding carboxylic acids is 1. The lowest BCUT2D eigenvalue weighted by Crippen LogP contribution is -2.26. The van der Waals surface area contributed by atoms with Gasteiger partial charge in [0.05, 0.1) is 10.8 Å².